The summed E-state index contributed by atoms with van der Waals surface area (Å²) in [6, 6.07) is 5.00. The van der Waals surface area contributed by atoms with Gasteiger partial charge in [-0.1, -0.05) is 52.0 Å². The van der Waals surface area contributed by atoms with Crippen LogP contribution < -0.4 is 5.32 Å². The molecule has 0 aliphatic heterocycles. The first-order valence-electron chi connectivity index (χ1n) is 6.65. The van der Waals surface area contributed by atoms with Crippen LogP contribution in [0.5, 0.6) is 0 Å². The fourth-order valence-electron chi connectivity index (χ4n) is 2.03. The highest BCUT2D eigenvalue weighted by Crippen LogP contribution is 2.24. The van der Waals surface area contributed by atoms with Crippen LogP contribution in [0, 0.1) is 0 Å². The van der Waals surface area contributed by atoms with Crippen molar-refractivity contribution in [2.75, 3.05) is 6.54 Å². The van der Waals surface area contributed by atoms with Crippen molar-refractivity contribution in [2.45, 2.75) is 58.4 Å². The van der Waals surface area contributed by atoms with Crippen LogP contribution in [0.3, 0.4) is 0 Å². The van der Waals surface area contributed by atoms with Gasteiger partial charge in [0.05, 0.1) is 0 Å². The van der Waals surface area contributed by atoms with Gasteiger partial charge in [0.25, 0.3) is 0 Å². The highest BCUT2D eigenvalue weighted by atomic mass is 32.1. The molecule has 0 bridgehead atoms. The minimum atomic E-state index is 0.589. The van der Waals surface area contributed by atoms with E-state index in [1.54, 1.807) is 0 Å². The SMILES string of the molecule is CCCCCCCC(NCC)c1cccs1. The van der Waals surface area contributed by atoms with Gasteiger partial charge < -0.3 is 5.32 Å². The Kier molecular flexibility index (Phi) is 7.52. The van der Waals surface area contributed by atoms with E-state index in [0.29, 0.717) is 6.04 Å². The molecule has 1 aromatic heterocycles. The van der Waals surface area contributed by atoms with E-state index in [9.17, 15) is 0 Å². The number of unbranched alkanes of at least 4 members (excludes halogenated alkanes) is 4. The van der Waals surface area contributed by atoms with E-state index in [1.807, 2.05) is 11.3 Å². The molecular weight excluding hydrogens is 214 g/mol. The third-order valence-electron chi connectivity index (χ3n) is 2.93. The minimum absolute atomic E-state index is 0.589. The average Bonchev–Trinajstić information content (AvgIpc) is 2.81. The average molecular weight is 239 g/mol. The molecule has 0 aliphatic carbocycles. The maximum absolute atomic E-state index is 3.59. The van der Waals surface area contributed by atoms with E-state index in [4.69, 9.17) is 0 Å². The number of rotatable bonds is 9. The summed E-state index contributed by atoms with van der Waals surface area (Å²) < 4.78 is 0. The van der Waals surface area contributed by atoms with Crippen LogP contribution in [0.15, 0.2) is 17.5 Å². The Morgan fingerprint density at radius 3 is 2.62 bits per heavy atom. The lowest BCUT2D eigenvalue weighted by atomic mass is 10.1. The van der Waals surface area contributed by atoms with Gasteiger partial charge in [-0.3, -0.25) is 0 Å². The summed E-state index contributed by atoms with van der Waals surface area (Å²) in [6.07, 6.45) is 8.17. The predicted octanol–water partition coefficient (Wildman–Crippen LogP) is 4.76. The molecule has 0 saturated carbocycles. The molecule has 2 heteroatoms. The Labute approximate surface area is 104 Å². The maximum atomic E-state index is 3.59. The van der Waals surface area contributed by atoms with Gasteiger partial charge in [0.2, 0.25) is 0 Å². The van der Waals surface area contributed by atoms with Crippen molar-refractivity contribution in [3.63, 3.8) is 0 Å². The van der Waals surface area contributed by atoms with Crippen molar-refractivity contribution in [1.82, 2.24) is 5.32 Å². The summed E-state index contributed by atoms with van der Waals surface area (Å²) in [4.78, 5) is 1.50. The van der Waals surface area contributed by atoms with Gasteiger partial charge in [0, 0.05) is 10.9 Å². The van der Waals surface area contributed by atoms with E-state index < -0.39 is 0 Å². The van der Waals surface area contributed by atoms with Crippen LogP contribution in [0.1, 0.15) is 63.3 Å². The molecule has 0 radical (unpaired) electrons. The number of hydrogen-bond acceptors (Lipinski definition) is 2. The first kappa shape index (κ1) is 13.7. The molecule has 0 fully saturated rings. The molecule has 1 aromatic rings. The summed E-state index contributed by atoms with van der Waals surface area (Å²) in [5, 5.41) is 5.76. The molecular formula is C14H25NS. The molecule has 0 saturated heterocycles. The molecule has 0 spiro atoms. The number of thiophene rings is 1. The first-order valence-corrected chi connectivity index (χ1v) is 7.53. The predicted molar refractivity (Wildman–Crippen MR) is 74.1 cm³/mol. The monoisotopic (exact) mass is 239 g/mol. The third kappa shape index (κ3) is 5.13. The van der Waals surface area contributed by atoms with Crippen molar-refractivity contribution in [3.8, 4) is 0 Å². The van der Waals surface area contributed by atoms with Gasteiger partial charge >= 0.3 is 0 Å². The molecule has 0 amide bonds. The van der Waals surface area contributed by atoms with E-state index in [-0.39, 0.29) is 0 Å². The zero-order valence-electron chi connectivity index (χ0n) is 10.7. The first-order chi connectivity index (χ1) is 7.88. The van der Waals surface area contributed by atoms with Crippen LogP contribution in [-0.4, -0.2) is 6.54 Å². The zero-order chi connectivity index (χ0) is 11.6. The Morgan fingerprint density at radius 2 is 2.00 bits per heavy atom. The topological polar surface area (TPSA) is 12.0 Å². The molecule has 1 rings (SSSR count). The molecule has 0 aromatic carbocycles. The molecule has 92 valence electrons. The summed E-state index contributed by atoms with van der Waals surface area (Å²) in [5.41, 5.74) is 0. The fourth-order valence-corrected chi connectivity index (χ4v) is 2.87. The van der Waals surface area contributed by atoms with Crippen LogP contribution in [0.4, 0.5) is 0 Å². The second-order valence-electron chi connectivity index (χ2n) is 4.33. The molecule has 1 unspecified atom stereocenters. The lowest BCUT2D eigenvalue weighted by Gasteiger charge is -2.16. The van der Waals surface area contributed by atoms with Crippen LogP contribution in [0.2, 0.25) is 0 Å². The standard InChI is InChI=1S/C14H25NS/c1-3-5-6-7-8-10-13(15-4-2)14-11-9-12-16-14/h9,11-13,15H,3-8,10H2,1-2H3. The van der Waals surface area contributed by atoms with Crippen molar-refractivity contribution in [3.05, 3.63) is 22.4 Å². The highest BCUT2D eigenvalue weighted by molar-refractivity contribution is 7.10. The summed E-state index contributed by atoms with van der Waals surface area (Å²) >= 11 is 1.88. The smallest absolute Gasteiger partial charge is 0.0414 e. The van der Waals surface area contributed by atoms with Crippen LogP contribution in [0.25, 0.3) is 0 Å². The Balaban J connectivity index is 2.24. The van der Waals surface area contributed by atoms with Gasteiger partial charge in [0.15, 0.2) is 0 Å². The fraction of sp³-hybridized carbons (Fsp3) is 0.714. The van der Waals surface area contributed by atoms with E-state index in [1.165, 1.54) is 43.4 Å². The number of hydrogen-bond donors (Lipinski definition) is 1. The van der Waals surface area contributed by atoms with Crippen molar-refractivity contribution >= 4 is 11.3 Å². The number of nitrogens with one attached hydrogen (secondary N) is 1. The minimum Gasteiger partial charge on any atom is -0.310 e. The Morgan fingerprint density at radius 1 is 1.19 bits per heavy atom. The van der Waals surface area contributed by atoms with E-state index >= 15 is 0 Å². The quantitative estimate of drug-likeness (QED) is 0.613. The molecule has 1 heterocycles. The van der Waals surface area contributed by atoms with Crippen LogP contribution in [-0.2, 0) is 0 Å². The van der Waals surface area contributed by atoms with Crippen molar-refractivity contribution < 1.29 is 0 Å². The van der Waals surface area contributed by atoms with Crippen molar-refractivity contribution in [1.29, 1.82) is 0 Å². The third-order valence-corrected chi connectivity index (χ3v) is 3.92. The normalized spacial score (nSPS) is 12.9. The largest absolute Gasteiger partial charge is 0.310 e. The van der Waals surface area contributed by atoms with Crippen LogP contribution >= 0.6 is 11.3 Å². The molecule has 1 N–H and O–H groups in total. The maximum Gasteiger partial charge on any atom is 0.0414 e. The van der Waals surface area contributed by atoms with Gasteiger partial charge in [-0.2, -0.15) is 0 Å². The second kappa shape index (κ2) is 8.77. The molecule has 0 aliphatic rings. The molecule has 1 nitrogen and oxygen atoms in total. The van der Waals surface area contributed by atoms with Gasteiger partial charge in [-0.25, -0.2) is 0 Å². The summed E-state index contributed by atoms with van der Waals surface area (Å²) in [6.45, 7) is 5.53. The lowest BCUT2D eigenvalue weighted by Crippen LogP contribution is -2.19. The second-order valence-corrected chi connectivity index (χ2v) is 5.31. The summed E-state index contributed by atoms with van der Waals surface area (Å²) in [5.74, 6) is 0. The van der Waals surface area contributed by atoms with Gasteiger partial charge in [-0.15, -0.1) is 11.3 Å². The van der Waals surface area contributed by atoms with E-state index in [0.717, 1.165) is 6.54 Å². The molecule has 1 atom stereocenters. The van der Waals surface area contributed by atoms with Gasteiger partial charge in [0.1, 0.15) is 0 Å². The Bertz CT molecular complexity index is 243. The zero-order valence-corrected chi connectivity index (χ0v) is 11.5. The molecule has 16 heavy (non-hydrogen) atoms. The summed E-state index contributed by atoms with van der Waals surface area (Å²) in [7, 11) is 0. The van der Waals surface area contributed by atoms with Gasteiger partial charge in [-0.05, 0) is 24.4 Å². The Hall–Kier alpha value is -0.340. The lowest BCUT2D eigenvalue weighted by molar-refractivity contribution is 0.484. The van der Waals surface area contributed by atoms with E-state index in [2.05, 4.69) is 36.7 Å². The highest BCUT2D eigenvalue weighted by Gasteiger charge is 2.10. The van der Waals surface area contributed by atoms with Crippen molar-refractivity contribution in [2.24, 2.45) is 0 Å².